The molecule has 27 heavy (non-hydrogen) atoms. The van der Waals surface area contributed by atoms with Crippen LogP contribution in [0.2, 0.25) is 5.02 Å². The molecular formula is C19H18ClN3O4. The highest BCUT2D eigenvalue weighted by Crippen LogP contribution is 2.29. The van der Waals surface area contributed by atoms with Gasteiger partial charge < -0.3 is 15.4 Å². The van der Waals surface area contributed by atoms with Gasteiger partial charge in [0.05, 0.1) is 7.11 Å². The highest BCUT2D eigenvalue weighted by Gasteiger charge is 2.49. The zero-order valence-corrected chi connectivity index (χ0v) is 15.5. The molecule has 2 aromatic carbocycles. The Kier molecular flexibility index (Phi) is 5.05. The molecule has 0 unspecified atom stereocenters. The summed E-state index contributed by atoms with van der Waals surface area (Å²) in [4.78, 5) is 38.3. The number of halogens is 1. The summed E-state index contributed by atoms with van der Waals surface area (Å²) in [5.74, 6) is -0.416. The molecule has 1 saturated heterocycles. The molecule has 3 rings (SSSR count). The van der Waals surface area contributed by atoms with E-state index in [2.05, 4.69) is 10.6 Å². The van der Waals surface area contributed by atoms with Crippen LogP contribution in [-0.2, 0) is 15.1 Å². The average molecular weight is 388 g/mol. The molecule has 0 bridgehead atoms. The first kappa shape index (κ1) is 18.7. The lowest BCUT2D eigenvalue weighted by Crippen LogP contribution is -2.42. The summed E-state index contributed by atoms with van der Waals surface area (Å²) >= 11 is 5.88. The maximum atomic E-state index is 12.8. The largest absolute Gasteiger partial charge is 0.497 e. The van der Waals surface area contributed by atoms with E-state index in [1.54, 1.807) is 55.5 Å². The number of imide groups is 1. The number of nitrogens with zero attached hydrogens (tertiary/aromatic N) is 1. The highest BCUT2D eigenvalue weighted by atomic mass is 35.5. The van der Waals surface area contributed by atoms with Gasteiger partial charge in [-0.2, -0.15) is 0 Å². The Morgan fingerprint density at radius 2 is 1.93 bits per heavy atom. The van der Waals surface area contributed by atoms with E-state index in [0.717, 1.165) is 4.90 Å². The molecule has 0 spiro atoms. The Hall–Kier alpha value is -3.06. The van der Waals surface area contributed by atoms with Crippen molar-refractivity contribution in [2.75, 3.05) is 19.0 Å². The Labute approximate surface area is 161 Å². The van der Waals surface area contributed by atoms with Gasteiger partial charge in [0.15, 0.2) is 0 Å². The number of carbonyl (C=O) groups excluding carboxylic acids is 3. The van der Waals surface area contributed by atoms with E-state index in [9.17, 15) is 14.4 Å². The van der Waals surface area contributed by atoms with Crippen LogP contribution >= 0.6 is 11.6 Å². The molecule has 0 aliphatic carbocycles. The smallest absolute Gasteiger partial charge is 0.325 e. The van der Waals surface area contributed by atoms with Crippen molar-refractivity contribution in [3.8, 4) is 5.75 Å². The van der Waals surface area contributed by atoms with E-state index >= 15 is 0 Å². The predicted octanol–water partition coefficient (Wildman–Crippen LogP) is 2.75. The lowest BCUT2D eigenvalue weighted by atomic mass is 9.92. The number of hydrogen-bond donors (Lipinski definition) is 2. The molecule has 0 radical (unpaired) electrons. The molecule has 2 aromatic rings. The lowest BCUT2D eigenvalue weighted by Gasteiger charge is -2.22. The topological polar surface area (TPSA) is 87.7 Å². The SMILES string of the molecule is COc1cccc(NC(=O)CN2C(=O)N[C@@](C)(c3ccc(Cl)cc3)C2=O)c1. The van der Waals surface area contributed by atoms with Crippen LogP contribution in [0.5, 0.6) is 5.75 Å². The number of ether oxygens (including phenoxy) is 1. The van der Waals surface area contributed by atoms with Crippen LogP contribution in [-0.4, -0.2) is 36.4 Å². The summed E-state index contributed by atoms with van der Waals surface area (Å²) in [5.41, 5.74) is -0.161. The molecule has 2 N–H and O–H groups in total. The second-order valence-corrected chi connectivity index (χ2v) is 6.67. The standard InChI is InChI=1S/C19H18ClN3O4/c1-19(12-6-8-13(20)9-7-12)17(25)23(18(26)22-19)11-16(24)21-14-4-3-5-15(10-14)27-2/h3-10H,11H2,1-2H3,(H,21,24)(H,22,26)/t19-/m0/s1. The van der Waals surface area contributed by atoms with Crippen LogP contribution < -0.4 is 15.4 Å². The first-order valence-corrected chi connectivity index (χ1v) is 8.55. The van der Waals surface area contributed by atoms with Gasteiger partial charge in [0.25, 0.3) is 5.91 Å². The number of benzene rings is 2. The van der Waals surface area contributed by atoms with Crippen LogP contribution in [0.15, 0.2) is 48.5 Å². The van der Waals surface area contributed by atoms with Gasteiger partial charge in [0, 0.05) is 16.8 Å². The van der Waals surface area contributed by atoms with Crippen LogP contribution in [0, 0.1) is 0 Å². The number of amides is 4. The van der Waals surface area contributed by atoms with Crippen LogP contribution in [0.4, 0.5) is 10.5 Å². The van der Waals surface area contributed by atoms with Gasteiger partial charge in [-0.15, -0.1) is 0 Å². The molecule has 1 aliphatic heterocycles. The van der Waals surface area contributed by atoms with Crippen molar-refractivity contribution in [1.82, 2.24) is 10.2 Å². The van der Waals surface area contributed by atoms with E-state index < -0.39 is 29.9 Å². The number of nitrogens with one attached hydrogen (secondary N) is 2. The van der Waals surface area contributed by atoms with Gasteiger partial charge in [-0.25, -0.2) is 4.79 Å². The van der Waals surface area contributed by atoms with Crippen LogP contribution in [0.25, 0.3) is 0 Å². The first-order valence-electron chi connectivity index (χ1n) is 8.17. The van der Waals surface area contributed by atoms with Gasteiger partial charge in [-0.1, -0.05) is 29.8 Å². The third kappa shape index (κ3) is 3.73. The zero-order valence-electron chi connectivity index (χ0n) is 14.8. The molecule has 0 saturated carbocycles. The van der Waals surface area contributed by atoms with E-state index in [0.29, 0.717) is 22.0 Å². The monoisotopic (exact) mass is 387 g/mol. The van der Waals surface area contributed by atoms with Gasteiger partial charge in [0.2, 0.25) is 5.91 Å². The summed E-state index contributed by atoms with van der Waals surface area (Å²) in [6, 6.07) is 12.8. The van der Waals surface area contributed by atoms with Crippen molar-refractivity contribution < 1.29 is 19.1 Å². The Balaban J connectivity index is 1.73. The van der Waals surface area contributed by atoms with Crippen molar-refractivity contribution >= 4 is 35.1 Å². The third-order valence-electron chi connectivity index (χ3n) is 4.35. The minimum Gasteiger partial charge on any atom is -0.497 e. The fourth-order valence-corrected chi connectivity index (χ4v) is 2.99. The molecule has 140 valence electrons. The van der Waals surface area contributed by atoms with Crippen LogP contribution in [0.1, 0.15) is 12.5 Å². The number of methoxy groups -OCH3 is 1. The molecule has 1 atom stereocenters. The molecule has 4 amide bonds. The van der Waals surface area contributed by atoms with Crippen LogP contribution in [0.3, 0.4) is 0 Å². The van der Waals surface area contributed by atoms with Crippen molar-refractivity contribution in [2.24, 2.45) is 0 Å². The summed E-state index contributed by atoms with van der Waals surface area (Å²) < 4.78 is 5.10. The first-order chi connectivity index (χ1) is 12.8. The van der Waals surface area contributed by atoms with E-state index in [4.69, 9.17) is 16.3 Å². The van der Waals surface area contributed by atoms with Gasteiger partial charge in [-0.05, 0) is 36.8 Å². The molecule has 0 aromatic heterocycles. The summed E-state index contributed by atoms with van der Waals surface area (Å²) in [7, 11) is 1.52. The lowest BCUT2D eigenvalue weighted by molar-refractivity contribution is -0.133. The fourth-order valence-electron chi connectivity index (χ4n) is 2.86. The summed E-state index contributed by atoms with van der Waals surface area (Å²) in [6.45, 7) is 1.20. The summed E-state index contributed by atoms with van der Waals surface area (Å²) in [5, 5.41) is 5.82. The number of hydrogen-bond acceptors (Lipinski definition) is 4. The van der Waals surface area contributed by atoms with Crippen molar-refractivity contribution in [3.63, 3.8) is 0 Å². The second kappa shape index (κ2) is 7.28. The number of carbonyl (C=O) groups is 3. The van der Waals surface area contributed by atoms with Gasteiger partial charge in [0.1, 0.15) is 17.8 Å². The van der Waals surface area contributed by atoms with Crippen molar-refractivity contribution in [1.29, 1.82) is 0 Å². The molecule has 8 heteroatoms. The molecule has 7 nitrogen and oxygen atoms in total. The quantitative estimate of drug-likeness (QED) is 0.772. The maximum Gasteiger partial charge on any atom is 0.325 e. The minimum atomic E-state index is -1.25. The maximum absolute atomic E-state index is 12.8. The predicted molar refractivity (Wildman–Crippen MR) is 101 cm³/mol. The van der Waals surface area contributed by atoms with Crippen molar-refractivity contribution in [3.05, 3.63) is 59.1 Å². The second-order valence-electron chi connectivity index (χ2n) is 6.23. The third-order valence-corrected chi connectivity index (χ3v) is 4.60. The number of rotatable bonds is 5. The molecule has 1 fully saturated rings. The Morgan fingerprint density at radius 1 is 1.22 bits per heavy atom. The van der Waals surface area contributed by atoms with E-state index in [1.165, 1.54) is 7.11 Å². The zero-order chi connectivity index (χ0) is 19.6. The Morgan fingerprint density at radius 3 is 2.59 bits per heavy atom. The molecule has 1 heterocycles. The normalized spacial score (nSPS) is 19.0. The molecular weight excluding hydrogens is 370 g/mol. The Bertz CT molecular complexity index is 900. The van der Waals surface area contributed by atoms with E-state index in [-0.39, 0.29) is 0 Å². The summed E-state index contributed by atoms with van der Waals surface area (Å²) in [6.07, 6.45) is 0. The average Bonchev–Trinajstić information content (AvgIpc) is 2.86. The minimum absolute atomic E-state index is 0.398. The van der Waals surface area contributed by atoms with Gasteiger partial charge >= 0.3 is 6.03 Å². The van der Waals surface area contributed by atoms with Gasteiger partial charge in [-0.3, -0.25) is 14.5 Å². The van der Waals surface area contributed by atoms with E-state index in [1.807, 2.05) is 0 Å². The molecule has 1 aliphatic rings. The highest BCUT2D eigenvalue weighted by molar-refractivity contribution is 6.30. The fraction of sp³-hybridized carbons (Fsp3) is 0.211. The number of urea groups is 1. The van der Waals surface area contributed by atoms with Crippen molar-refractivity contribution in [2.45, 2.75) is 12.5 Å². The number of anilines is 1.